The molecule has 0 aliphatic rings. The van der Waals surface area contributed by atoms with E-state index in [4.69, 9.17) is 4.74 Å². The number of nitrogens with zero attached hydrogens (tertiary/aromatic N) is 1. The Morgan fingerprint density at radius 3 is 2.65 bits per heavy atom. The second-order valence-corrected chi connectivity index (χ2v) is 3.54. The largest absolute Gasteiger partial charge is 0.462 e. The summed E-state index contributed by atoms with van der Waals surface area (Å²) in [5, 5.41) is 0. The molecule has 4 heteroatoms. The molecule has 4 nitrogen and oxygen atoms in total. The van der Waals surface area contributed by atoms with Crippen LogP contribution in [-0.2, 0) is 14.3 Å². The molecule has 0 radical (unpaired) electrons. The monoisotopic (exact) mass is 233 g/mol. The maximum Gasteiger partial charge on any atom is 0.341 e. The van der Waals surface area contributed by atoms with Gasteiger partial charge in [-0.15, -0.1) is 0 Å². The minimum Gasteiger partial charge on any atom is -0.462 e. The van der Waals surface area contributed by atoms with E-state index in [0.29, 0.717) is 5.69 Å². The van der Waals surface area contributed by atoms with Crippen LogP contribution in [0.25, 0.3) is 6.08 Å². The van der Waals surface area contributed by atoms with Crippen LogP contribution < -0.4 is 0 Å². The molecule has 0 amide bonds. The first kappa shape index (κ1) is 13.1. The predicted molar refractivity (Wildman–Crippen MR) is 64.3 cm³/mol. The third-order valence-electron chi connectivity index (χ3n) is 2.08. The fraction of sp³-hybridized carbons (Fsp3) is 0.308. The lowest BCUT2D eigenvalue weighted by atomic mass is 10.1. The first-order valence-corrected chi connectivity index (χ1v) is 5.38. The molecule has 0 aliphatic carbocycles. The Kier molecular flexibility index (Phi) is 4.57. The molecule has 0 spiro atoms. The van der Waals surface area contributed by atoms with Gasteiger partial charge in [-0.1, -0.05) is 6.07 Å². The summed E-state index contributed by atoms with van der Waals surface area (Å²) in [6.07, 6.45) is 1.45. The van der Waals surface area contributed by atoms with Gasteiger partial charge in [0.15, 0.2) is 5.78 Å². The number of carbonyl (C=O) groups is 2. The van der Waals surface area contributed by atoms with Crippen molar-refractivity contribution in [2.24, 2.45) is 0 Å². The van der Waals surface area contributed by atoms with Crippen LogP contribution in [0.4, 0.5) is 0 Å². The Hall–Kier alpha value is -1.97. The molecule has 1 aromatic heterocycles. The van der Waals surface area contributed by atoms with E-state index >= 15 is 0 Å². The van der Waals surface area contributed by atoms with Crippen LogP contribution >= 0.6 is 0 Å². The fourth-order valence-electron chi connectivity index (χ4n) is 1.31. The van der Waals surface area contributed by atoms with Crippen molar-refractivity contribution in [1.29, 1.82) is 0 Å². The predicted octanol–water partition coefficient (Wildman–Crippen LogP) is 1.93. The molecule has 0 aromatic carbocycles. The molecular formula is C13H15NO3. The normalized spacial score (nSPS) is 11.1. The molecule has 1 heterocycles. The summed E-state index contributed by atoms with van der Waals surface area (Å²) in [7, 11) is 0. The molecule has 1 rings (SSSR count). The summed E-state index contributed by atoms with van der Waals surface area (Å²) in [4.78, 5) is 27.1. The lowest BCUT2D eigenvalue weighted by Gasteiger charge is -2.03. The highest BCUT2D eigenvalue weighted by Crippen LogP contribution is 2.08. The quantitative estimate of drug-likeness (QED) is 0.345. The summed E-state index contributed by atoms with van der Waals surface area (Å²) in [5.74, 6) is -0.935. The highest BCUT2D eigenvalue weighted by atomic mass is 16.5. The van der Waals surface area contributed by atoms with Crippen LogP contribution in [0.2, 0.25) is 0 Å². The standard InChI is InChI=1S/C13H15NO3/c1-4-17-13(16)12(10(3)15)8-11-7-5-6-9(2)14-11/h5-8H,4H2,1-3H3. The van der Waals surface area contributed by atoms with E-state index in [1.165, 1.54) is 13.0 Å². The van der Waals surface area contributed by atoms with Gasteiger partial charge in [-0.05, 0) is 39.0 Å². The Bertz CT molecular complexity index is 463. The average molecular weight is 233 g/mol. The second kappa shape index (κ2) is 5.94. The number of carbonyl (C=O) groups excluding carboxylic acids is 2. The van der Waals surface area contributed by atoms with Gasteiger partial charge >= 0.3 is 5.97 Å². The van der Waals surface area contributed by atoms with Crippen LogP contribution in [-0.4, -0.2) is 23.3 Å². The van der Waals surface area contributed by atoms with Gasteiger partial charge in [-0.2, -0.15) is 0 Å². The Balaban J connectivity index is 3.06. The Labute approximate surface area is 100 Å². The first-order chi connectivity index (χ1) is 8.04. The topological polar surface area (TPSA) is 56.3 Å². The average Bonchev–Trinajstić information content (AvgIpc) is 2.26. The van der Waals surface area contributed by atoms with Gasteiger partial charge in [0.25, 0.3) is 0 Å². The summed E-state index contributed by atoms with van der Waals surface area (Å²) >= 11 is 0. The molecule has 0 aliphatic heterocycles. The number of pyridine rings is 1. The zero-order valence-electron chi connectivity index (χ0n) is 10.2. The summed E-state index contributed by atoms with van der Waals surface area (Å²) < 4.78 is 4.81. The van der Waals surface area contributed by atoms with Crippen molar-refractivity contribution in [3.05, 3.63) is 35.2 Å². The van der Waals surface area contributed by atoms with E-state index in [-0.39, 0.29) is 18.0 Å². The third-order valence-corrected chi connectivity index (χ3v) is 2.08. The maximum absolute atomic E-state index is 11.5. The minimum absolute atomic E-state index is 0.0185. The van der Waals surface area contributed by atoms with Crippen molar-refractivity contribution in [3.63, 3.8) is 0 Å². The van der Waals surface area contributed by atoms with Crippen molar-refractivity contribution >= 4 is 17.8 Å². The second-order valence-electron chi connectivity index (χ2n) is 3.54. The summed E-state index contributed by atoms with van der Waals surface area (Å²) in [5.41, 5.74) is 1.42. The fourth-order valence-corrected chi connectivity index (χ4v) is 1.31. The minimum atomic E-state index is -0.608. The zero-order valence-corrected chi connectivity index (χ0v) is 10.2. The van der Waals surface area contributed by atoms with E-state index in [1.807, 2.05) is 19.1 Å². The number of aryl methyl sites for hydroxylation is 1. The molecule has 0 N–H and O–H groups in total. The summed E-state index contributed by atoms with van der Waals surface area (Å²) in [6, 6.07) is 5.39. The van der Waals surface area contributed by atoms with Crippen LogP contribution in [0, 0.1) is 6.92 Å². The molecule has 1 aromatic rings. The van der Waals surface area contributed by atoms with Gasteiger partial charge in [0.1, 0.15) is 5.57 Å². The number of ether oxygens (including phenoxy) is 1. The van der Waals surface area contributed by atoms with Gasteiger partial charge in [0.05, 0.1) is 12.3 Å². The maximum atomic E-state index is 11.5. The molecule has 0 fully saturated rings. The van der Waals surface area contributed by atoms with E-state index in [2.05, 4.69) is 4.98 Å². The lowest BCUT2D eigenvalue weighted by Crippen LogP contribution is -2.13. The lowest BCUT2D eigenvalue weighted by molar-refractivity contribution is -0.139. The number of hydrogen-bond acceptors (Lipinski definition) is 4. The molecule has 0 saturated carbocycles. The first-order valence-electron chi connectivity index (χ1n) is 5.38. The molecular weight excluding hydrogens is 218 g/mol. The molecule has 0 unspecified atom stereocenters. The number of aromatic nitrogens is 1. The molecule has 17 heavy (non-hydrogen) atoms. The van der Waals surface area contributed by atoms with Gasteiger partial charge in [0.2, 0.25) is 0 Å². The number of hydrogen-bond donors (Lipinski definition) is 0. The van der Waals surface area contributed by atoms with E-state index < -0.39 is 5.97 Å². The van der Waals surface area contributed by atoms with Crippen LogP contribution in [0.1, 0.15) is 25.2 Å². The van der Waals surface area contributed by atoms with Gasteiger partial charge < -0.3 is 4.74 Å². The highest BCUT2D eigenvalue weighted by Gasteiger charge is 2.15. The van der Waals surface area contributed by atoms with Gasteiger partial charge in [-0.25, -0.2) is 4.79 Å². The van der Waals surface area contributed by atoms with Crippen molar-refractivity contribution < 1.29 is 14.3 Å². The van der Waals surface area contributed by atoms with Crippen molar-refractivity contribution in [1.82, 2.24) is 4.98 Å². The Morgan fingerprint density at radius 1 is 1.41 bits per heavy atom. The molecule has 0 atom stereocenters. The zero-order chi connectivity index (χ0) is 12.8. The highest BCUT2D eigenvalue weighted by molar-refractivity contribution is 6.19. The third kappa shape index (κ3) is 3.83. The van der Waals surface area contributed by atoms with Crippen molar-refractivity contribution in [2.45, 2.75) is 20.8 Å². The molecule has 0 bridgehead atoms. The smallest absolute Gasteiger partial charge is 0.341 e. The van der Waals surface area contributed by atoms with E-state index in [1.54, 1.807) is 13.0 Å². The van der Waals surface area contributed by atoms with Crippen molar-refractivity contribution in [2.75, 3.05) is 6.61 Å². The summed E-state index contributed by atoms with van der Waals surface area (Å²) in [6.45, 7) is 5.11. The SMILES string of the molecule is CCOC(=O)C(=Cc1cccc(C)n1)C(C)=O. The van der Waals surface area contributed by atoms with Crippen LogP contribution in [0.15, 0.2) is 23.8 Å². The van der Waals surface area contributed by atoms with E-state index in [0.717, 1.165) is 5.69 Å². The van der Waals surface area contributed by atoms with Gasteiger partial charge in [0, 0.05) is 5.69 Å². The van der Waals surface area contributed by atoms with Crippen molar-refractivity contribution in [3.8, 4) is 0 Å². The number of Topliss-reactive ketones (excluding diaryl/α,β-unsaturated/α-hetero) is 1. The molecule has 0 saturated heterocycles. The Morgan fingerprint density at radius 2 is 2.12 bits per heavy atom. The number of rotatable bonds is 4. The number of ketones is 1. The molecule has 90 valence electrons. The van der Waals surface area contributed by atoms with Crippen LogP contribution in [0.5, 0.6) is 0 Å². The number of esters is 1. The van der Waals surface area contributed by atoms with Crippen LogP contribution in [0.3, 0.4) is 0 Å². The van der Waals surface area contributed by atoms with E-state index in [9.17, 15) is 9.59 Å². The van der Waals surface area contributed by atoms with Gasteiger partial charge in [-0.3, -0.25) is 9.78 Å².